The largest absolute Gasteiger partial charge is 0.493 e. The summed E-state index contributed by atoms with van der Waals surface area (Å²) in [6.45, 7) is 3.31. The molecule has 33 heavy (non-hydrogen) atoms. The summed E-state index contributed by atoms with van der Waals surface area (Å²) in [6, 6.07) is 9.52. The molecule has 182 valence electrons. The van der Waals surface area contributed by atoms with Gasteiger partial charge in [0.2, 0.25) is 0 Å². The van der Waals surface area contributed by atoms with Gasteiger partial charge < -0.3 is 33.9 Å². The van der Waals surface area contributed by atoms with Gasteiger partial charge in [-0.15, -0.1) is 24.0 Å². The molecule has 10 heteroatoms. The number of hydrogen-bond donors (Lipinski definition) is 1. The van der Waals surface area contributed by atoms with Gasteiger partial charge in [-0.2, -0.15) is 0 Å². The molecule has 9 nitrogen and oxygen atoms in total. The number of hydrogen-bond acceptors (Lipinski definition) is 6. The molecule has 0 spiro atoms. The highest BCUT2D eigenvalue weighted by Gasteiger charge is 2.26. The van der Waals surface area contributed by atoms with Gasteiger partial charge in [-0.3, -0.25) is 9.79 Å². The van der Waals surface area contributed by atoms with Crippen LogP contribution in [0.25, 0.3) is 0 Å². The van der Waals surface area contributed by atoms with Crippen molar-refractivity contribution in [2.75, 3.05) is 68.1 Å². The van der Waals surface area contributed by atoms with Gasteiger partial charge in [-0.25, -0.2) is 0 Å². The molecule has 0 aliphatic carbocycles. The van der Waals surface area contributed by atoms with Crippen molar-refractivity contribution in [2.24, 2.45) is 4.99 Å². The molecule has 1 N–H and O–H groups in total. The van der Waals surface area contributed by atoms with Gasteiger partial charge in [0.05, 0.1) is 26.5 Å². The van der Waals surface area contributed by atoms with E-state index in [0.717, 1.165) is 11.5 Å². The molecule has 0 saturated carbocycles. The number of aliphatic imine (C=N–C) groups is 1. The first-order valence-electron chi connectivity index (χ1n) is 10.6. The smallest absolute Gasteiger partial charge is 0.289 e. The van der Waals surface area contributed by atoms with E-state index in [4.69, 9.17) is 13.9 Å². The normalized spacial score (nSPS) is 15.2. The number of amides is 1. The number of rotatable bonds is 7. The Hall–Kier alpha value is -2.47. The molecule has 1 amide bonds. The number of ether oxygens (including phenoxy) is 2. The number of furan rings is 1. The van der Waals surface area contributed by atoms with Crippen molar-refractivity contribution in [3.8, 4) is 11.5 Å². The Balaban J connectivity index is 0.00000385. The molecule has 1 fully saturated rings. The predicted molar refractivity (Wildman–Crippen MR) is 139 cm³/mol. The van der Waals surface area contributed by atoms with E-state index in [0.29, 0.717) is 50.0 Å². The van der Waals surface area contributed by atoms with E-state index < -0.39 is 0 Å². The molecule has 1 saturated heterocycles. The minimum Gasteiger partial charge on any atom is -0.493 e. The Bertz CT molecular complexity index is 912. The zero-order valence-electron chi connectivity index (χ0n) is 19.9. The number of carbonyl (C=O) groups is 1. The zero-order valence-corrected chi connectivity index (χ0v) is 22.2. The maximum atomic E-state index is 12.5. The van der Waals surface area contributed by atoms with Crippen LogP contribution >= 0.6 is 24.0 Å². The fraction of sp³-hybridized carbons (Fsp3) is 0.478. The number of carbonyl (C=O) groups excluding carboxylic acids is 1. The van der Waals surface area contributed by atoms with Crippen LogP contribution < -0.4 is 14.8 Å². The maximum Gasteiger partial charge on any atom is 0.289 e. The summed E-state index contributed by atoms with van der Waals surface area (Å²) in [4.78, 5) is 23.1. The van der Waals surface area contributed by atoms with Crippen molar-refractivity contribution < 1.29 is 18.7 Å². The van der Waals surface area contributed by atoms with Crippen LogP contribution in [-0.2, 0) is 0 Å². The Morgan fingerprint density at radius 2 is 1.79 bits per heavy atom. The molecule has 1 unspecified atom stereocenters. The van der Waals surface area contributed by atoms with Crippen molar-refractivity contribution in [3.63, 3.8) is 0 Å². The molecule has 1 aromatic heterocycles. The fourth-order valence-corrected chi connectivity index (χ4v) is 3.86. The highest BCUT2D eigenvalue weighted by Crippen LogP contribution is 2.31. The summed E-state index contributed by atoms with van der Waals surface area (Å²) >= 11 is 0. The molecule has 1 aliphatic rings. The predicted octanol–water partition coefficient (Wildman–Crippen LogP) is 2.55. The number of guanidine groups is 1. The summed E-state index contributed by atoms with van der Waals surface area (Å²) in [6.07, 6.45) is 1.52. The zero-order chi connectivity index (χ0) is 23.1. The minimum atomic E-state index is -0.0706. The van der Waals surface area contributed by atoms with Gasteiger partial charge in [-0.1, -0.05) is 6.07 Å². The van der Waals surface area contributed by atoms with Crippen LogP contribution in [0.2, 0.25) is 0 Å². The van der Waals surface area contributed by atoms with Crippen LogP contribution in [0.5, 0.6) is 11.5 Å². The Labute approximate surface area is 212 Å². The fourth-order valence-electron chi connectivity index (χ4n) is 3.86. The van der Waals surface area contributed by atoms with Gasteiger partial charge in [0.1, 0.15) is 0 Å². The van der Waals surface area contributed by atoms with Crippen molar-refractivity contribution >= 4 is 35.8 Å². The lowest BCUT2D eigenvalue weighted by molar-refractivity contribution is 0.0657. The van der Waals surface area contributed by atoms with E-state index in [-0.39, 0.29) is 35.9 Å². The van der Waals surface area contributed by atoms with E-state index in [9.17, 15) is 4.79 Å². The van der Waals surface area contributed by atoms with Crippen molar-refractivity contribution in [1.82, 2.24) is 20.0 Å². The highest BCUT2D eigenvalue weighted by molar-refractivity contribution is 14.0. The summed E-state index contributed by atoms with van der Waals surface area (Å²) < 4.78 is 16.1. The monoisotopic (exact) mass is 571 g/mol. The second-order valence-electron chi connectivity index (χ2n) is 7.78. The van der Waals surface area contributed by atoms with E-state index >= 15 is 0 Å². The summed E-state index contributed by atoms with van der Waals surface area (Å²) in [7, 11) is 9.15. The molecular weight excluding hydrogens is 537 g/mol. The first-order chi connectivity index (χ1) is 15.5. The number of halogens is 1. The average molecular weight is 571 g/mol. The molecule has 2 heterocycles. The van der Waals surface area contributed by atoms with E-state index in [2.05, 4.69) is 26.2 Å². The SMILES string of the molecule is CN=C(NCC(c1ccc(OC)c(OC)c1)N(C)C)N1CCN(C(=O)c2ccco2)CC1.I. The van der Waals surface area contributed by atoms with Crippen molar-refractivity contribution in [1.29, 1.82) is 0 Å². The van der Waals surface area contributed by atoms with Gasteiger partial charge in [0.15, 0.2) is 23.2 Å². The molecular formula is C23H34IN5O4. The first kappa shape index (κ1) is 26.8. The van der Waals surface area contributed by atoms with Crippen LogP contribution in [0.1, 0.15) is 22.2 Å². The quantitative estimate of drug-likeness (QED) is 0.311. The highest BCUT2D eigenvalue weighted by atomic mass is 127. The maximum absolute atomic E-state index is 12.5. The topological polar surface area (TPSA) is 82.8 Å². The second-order valence-corrected chi connectivity index (χ2v) is 7.78. The number of nitrogens with one attached hydrogen (secondary N) is 1. The summed E-state index contributed by atoms with van der Waals surface area (Å²) in [5.41, 5.74) is 1.12. The van der Waals surface area contributed by atoms with Gasteiger partial charge in [-0.05, 0) is 43.9 Å². The molecule has 2 aromatic rings. The number of piperazine rings is 1. The molecule has 0 bridgehead atoms. The third kappa shape index (κ3) is 6.53. The third-order valence-corrected chi connectivity index (χ3v) is 5.68. The van der Waals surface area contributed by atoms with Gasteiger partial charge in [0, 0.05) is 39.8 Å². The van der Waals surface area contributed by atoms with Crippen molar-refractivity contribution in [3.05, 3.63) is 47.9 Å². The lowest BCUT2D eigenvalue weighted by Crippen LogP contribution is -2.54. The molecule has 0 radical (unpaired) electrons. The van der Waals surface area contributed by atoms with Crippen LogP contribution in [-0.4, -0.2) is 94.7 Å². The van der Waals surface area contributed by atoms with E-state index in [1.165, 1.54) is 6.26 Å². The minimum absolute atomic E-state index is 0. The summed E-state index contributed by atoms with van der Waals surface area (Å²) in [5.74, 6) is 2.55. The Kier molecular flexibility index (Phi) is 10.3. The first-order valence-corrected chi connectivity index (χ1v) is 10.6. The molecule has 3 rings (SSSR count). The van der Waals surface area contributed by atoms with Crippen LogP contribution in [0.15, 0.2) is 46.0 Å². The summed E-state index contributed by atoms with van der Waals surface area (Å²) in [5, 5.41) is 3.50. The third-order valence-electron chi connectivity index (χ3n) is 5.68. The van der Waals surface area contributed by atoms with Gasteiger partial charge in [0.25, 0.3) is 5.91 Å². The number of methoxy groups -OCH3 is 2. The Morgan fingerprint density at radius 3 is 2.33 bits per heavy atom. The van der Waals surface area contributed by atoms with Crippen molar-refractivity contribution in [2.45, 2.75) is 6.04 Å². The lowest BCUT2D eigenvalue weighted by Gasteiger charge is -2.37. The molecule has 1 aliphatic heterocycles. The lowest BCUT2D eigenvalue weighted by atomic mass is 10.1. The van der Waals surface area contributed by atoms with Crippen LogP contribution in [0.3, 0.4) is 0 Å². The Morgan fingerprint density at radius 1 is 1.12 bits per heavy atom. The second kappa shape index (κ2) is 12.7. The molecule has 1 aromatic carbocycles. The van der Waals surface area contributed by atoms with Gasteiger partial charge >= 0.3 is 0 Å². The number of benzene rings is 1. The van der Waals surface area contributed by atoms with Crippen LogP contribution in [0.4, 0.5) is 0 Å². The molecule has 1 atom stereocenters. The number of nitrogens with zero attached hydrogens (tertiary/aromatic N) is 4. The van der Waals surface area contributed by atoms with E-state index in [1.807, 2.05) is 31.1 Å². The van der Waals surface area contributed by atoms with Crippen LogP contribution in [0, 0.1) is 0 Å². The van der Waals surface area contributed by atoms with E-state index in [1.54, 1.807) is 33.4 Å². The average Bonchev–Trinajstić information content (AvgIpc) is 3.36. The number of likely N-dealkylation sites (N-methyl/N-ethyl adjacent to an activating group) is 1. The standard InChI is InChI=1S/C23H33N5O4.HI/c1-24-23(28-12-10-27(11-13-28)22(29)20-7-6-14-32-20)25-16-18(26(2)3)17-8-9-19(30-4)21(15-17)31-5;/h6-9,14-15,18H,10-13,16H2,1-5H3,(H,24,25);1H.